The van der Waals surface area contributed by atoms with Gasteiger partial charge < -0.3 is 4.74 Å². The maximum Gasteiger partial charge on any atom is 0.313 e. The third-order valence-electron chi connectivity index (χ3n) is 6.31. The van der Waals surface area contributed by atoms with Crippen molar-refractivity contribution in [1.82, 2.24) is 5.01 Å². The lowest BCUT2D eigenvalue weighted by Crippen LogP contribution is -2.28. The van der Waals surface area contributed by atoms with Crippen LogP contribution in [0.2, 0.25) is 5.02 Å². The molecule has 0 aromatic heterocycles. The lowest BCUT2D eigenvalue weighted by atomic mass is 9.85. The number of benzene rings is 2. The smallest absolute Gasteiger partial charge is 0.313 e. The Morgan fingerprint density at radius 1 is 1.15 bits per heavy atom. The molecule has 10 heteroatoms. The first-order valence-corrected chi connectivity index (χ1v) is 11.5. The second-order valence-electron chi connectivity index (χ2n) is 8.26. The van der Waals surface area contributed by atoms with Crippen LogP contribution in [-0.2, 0) is 16.2 Å². The molecular weight excluding hydrogens is 514 g/mol. The molecule has 168 valence electrons. The minimum Gasteiger partial charge on any atom is -0.481 e. The molecule has 0 spiro atoms. The number of nitro groups is 1. The summed E-state index contributed by atoms with van der Waals surface area (Å²) in [6.45, 7) is 0.0944. The van der Waals surface area contributed by atoms with Crippen molar-refractivity contribution in [3.63, 3.8) is 0 Å². The first-order chi connectivity index (χ1) is 15.8. The Bertz CT molecular complexity index is 1200. The molecule has 1 heterocycles. The Hall–Kier alpha value is -3.04. The fraction of sp³-hybridized carbons (Fsp3) is 0.261. The van der Waals surface area contributed by atoms with E-state index in [2.05, 4.69) is 21.0 Å². The largest absolute Gasteiger partial charge is 0.481 e. The molecule has 2 amide bonds. The van der Waals surface area contributed by atoms with Crippen LogP contribution < -0.4 is 4.74 Å². The number of fused-ring (bicyclic) bond motifs is 5. The predicted octanol–water partition coefficient (Wildman–Crippen LogP) is 4.73. The first-order valence-electron chi connectivity index (χ1n) is 10.3. The van der Waals surface area contributed by atoms with Gasteiger partial charge in [0.15, 0.2) is 0 Å². The Morgan fingerprint density at radius 3 is 2.39 bits per heavy atom. The number of rotatable bonds is 6. The number of carbonyl (C=O) groups excluding carboxylic acids is 2. The van der Waals surface area contributed by atoms with Crippen molar-refractivity contribution in [2.75, 3.05) is 0 Å². The molecular formula is C23H17BrClN3O5. The second-order valence-corrected chi connectivity index (χ2v) is 9.58. The van der Waals surface area contributed by atoms with E-state index in [1.54, 1.807) is 0 Å². The summed E-state index contributed by atoms with van der Waals surface area (Å²) in [5.74, 6) is -1.29. The van der Waals surface area contributed by atoms with Crippen LogP contribution in [0.5, 0.6) is 5.75 Å². The van der Waals surface area contributed by atoms with E-state index < -0.39 is 4.92 Å². The number of hydrogen-bond donors (Lipinski definition) is 0. The number of carbonyl (C=O) groups is 2. The molecule has 4 atom stereocenters. The molecule has 0 unspecified atom stereocenters. The topological polar surface area (TPSA) is 102 Å². The SMILES string of the molecule is O=C1[C@@H]2[C@H](C(=O)N1N=Cc1cc(Cl)c(OCc3ccc(Br)cc3)c([N+](=O)[O-])c1)[C@H]1C=C[C@H]2C1. The van der Waals surface area contributed by atoms with Gasteiger partial charge in [-0.3, -0.25) is 19.7 Å². The summed E-state index contributed by atoms with van der Waals surface area (Å²) in [4.78, 5) is 36.5. The molecule has 33 heavy (non-hydrogen) atoms. The van der Waals surface area contributed by atoms with Crippen molar-refractivity contribution < 1.29 is 19.2 Å². The van der Waals surface area contributed by atoms with Gasteiger partial charge in [-0.2, -0.15) is 10.1 Å². The fourth-order valence-electron chi connectivity index (χ4n) is 4.81. The molecule has 2 aromatic carbocycles. The van der Waals surface area contributed by atoms with Gasteiger partial charge >= 0.3 is 5.69 Å². The molecule has 1 aliphatic heterocycles. The maximum atomic E-state index is 12.7. The minimum absolute atomic E-state index is 0.0287. The third-order valence-corrected chi connectivity index (χ3v) is 7.12. The molecule has 3 aliphatic rings. The molecule has 0 N–H and O–H groups in total. The summed E-state index contributed by atoms with van der Waals surface area (Å²) in [7, 11) is 0. The summed E-state index contributed by atoms with van der Waals surface area (Å²) in [6, 6.07) is 10.0. The average molecular weight is 531 g/mol. The Balaban J connectivity index is 1.36. The van der Waals surface area contributed by atoms with Crippen molar-refractivity contribution in [1.29, 1.82) is 0 Å². The van der Waals surface area contributed by atoms with Gasteiger partial charge in [0.2, 0.25) is 5.75 Å². The van der Waals surface area contributed by atoms with E-state index in [9.17, 15) is 19.7 Å². The standard InChI is InChI=1S/C23H17BrClN3O5/c24-16-5-1-12(2-6-16)11-33-21-17(25)7-13(8-18(21)28(31)32)10-26-27-22(29)19-14-3-4-15(9-14)20(19)23(27)30/h1-8,10,14-15,19-20H,9,11H2/t14-,15-,19-,20+/m0/s1. The van der Waals surface area contributed by atoms with Crippen LogP contribution in [-0.4, -0.2) is 28.0 Å². The Morgan fingerprint density at radius 2 is 1.79 bits per heavy atom. The molecule has 1 saturated carbocycles. The maximum absolute atomic E-state index is 12.7. The van der Waals surface area contributed by atoms with E-state index in [4.69, 9.17) is 16.3 Å². The second kappa shape index (κ2) is 8.39. The normalized spacial score (nSPS) is 25.3. The number of hydrazone groups is 1. The highest BCUT2D eigenvalue weighted by molar-refractivity contribution is 9.10. The van der Waals surface area contributed by atoms with Crippen LogP contribution in [0.15, 0.2) is 58.1 Å². The van der Waals surface area contributed by atoms with E-state index in [0.717, 1.165) is 21.5 Å². The number of amides is 2. The van der Waals surface area contributed by atoms with Crippen LogP contribution in [0, 0.1) is 33.8 Å². The van der Waals surface area contributed by atoms with Gasteiger partial charge in [0.1, 0.15) is 6.61 Å². The summed E-state index contributed by atoms with van der Waals surface area (Å²) in [5, 5.41) is 16.6. The molecule has 2 aromatic rings. The number of imide groups is 1. The van der Waals surface area contributed by atoms with Gasteiger partial charge in [0.25, 0.3) is 11.8 Å². The van der Waals surface area contributed by atoms with E-state index in [1.165, 1.54) is 18.3 Å². The number of nitro benzene ring substituents is 1. The summed E-state index contributed by atoms with van der Waals surface area (Å²) in [6.07, 6.45) is 6.07. The molecule has 0 radical (unpaired) electrons. The van der Waals surface area contributed by atoms with Gasteiger partial charge in [0, 0.05) is 16.1 Å². The van der Waals surface area contributed by atoms with E-state index in [1.807, 2.05) is 36.4 Å². The fourth-order valence-corrected chi connectivity index (χ4v) is 5.35. The number of allylic oxidation sites excluding steroid dienone is 2. The summed E-state index contributed by atoms with van der Waals surface area (Å²) < 4.78 is 6.55. The van der Waals surface area contributed by atoms with Gasteiger partial charge in [-0.25, -0.2) is 0 Å². The first kappa shape index (κ1) is 21.8. The lowest BCUT2D eigenvalue weighted by Gasteiger charge is -2.13. The quantitative estimate of drug-likeness (QED) is 0.177. The van der Waals surface area contributed by atoms with Crippen LogP contribution in [0.4, 0.5) is 5.69 Å². The summed E-state index contributed by atoms with van der Waals surface area (Å²) in [5.41, 5.74) is 0.759. The molecule has 1 saturated heterocycles. The highest BCUT2D eigenvalue weighted by atomic mass is 79.9. The molecule has 2 aliphatic carbocycles. The van der Waals surface area contributed by atoms with E-state index in [0.29, 0.717) is 0 Å². The number of halogens is 2. The summed E-state index contributed by atoms with van der Waals surface area (Å²) >= 11 is 9.64. The Labute approximate surface area is 202 Å². The van der Waals surface area contributed by atoms with Crippen molar-refractivity contribution in [3.05, 3.63) is 79.3 Å². The van der Waals surface area contributed by atoms with Gasteiger partial charge in [-0.15, -0.1) is 0 Å². The zero-order chi connectivity index (χ0) is 23.3. The highest BCUT2D eigenvalue weighted by Crippen LogP contribution is 2.52. The predicted molar refractivity (Wildman–Crippen MR) is 124 cm³/mol. The monoisotopic (exact) mass is 529 g/mol. The molecule has 5 rings (SSSR count). The minimum atomic E-state index is -0.597. The number of ether oxygens (including phenoxy) is 1. The van der Waals surface area contributed by atoms with Crippen molar-refractivity contribution in [3.8, 4) is 5.75 Å². The van der Waals surface area contributed by atoms with Crippen molar-refractivity contribution >= 4 is 51.2 Å². The average Bonchev–Trinajstić information content (AvgIpc) is 3.46. The van der Waals surface area contributed by atoms with Crippen LogP contribution in [0.3, 0.4) is 0 Å². The molecule has 8 nitrogen and oxygen atoms in total. The molecule has 2 bridgehead atoms. The Kier molecular flexibility index (Phi) is 5.54. The highest BCUT2D eigenvalue weighted by Gasteiger charge is 2.59. The third kappa shape index (κ3) is 3.85. The van der Waals surface area contributed by atoms with Crippen LogP contribution >= 0.6 is 27.5 Å². The van der Waals surface area contributed by atoms with Crippen LogP contribution in [0.25, 0.3) is 0 Å². The lowest BCUT2D eigenvalue weighted by molar-refractivity contribution is -0.385. The molecule has 2 fully saturated rings. The number of nitrogens with zero attached hydrogens (tertiary/aromatic N) is 3. The zero-order valence-electron chi connectivity index (χ0n) is 17.1. The van der Waals surface area contributed by atoms with E-state index in [-0.39, 0.29) is 64.1 Å². The zero-order valence-corrected chi connectivity index (χ0v) is 19.4. The van der Waals surface area contributed by atoms with Crippen molar-refractivity contribution in [2.45, 2.75) is 13.0 Å². The van der Waals surface area contributed by atoms with Gasteiger partial charge in [-0.05, 0) is 42.0 Å². The van der Waals surface area contributed by atoms with Crippen LogP contribution in [0.1, 0.15) is 17.5 Å². The van der Waals surface area contributed by atoms with E-state index >= 15 is 0 Å². The number of hydrogen-bond acceptors (Lipinski definition) is 6. The van der Waals surface area contributed by atoms with Gasteiger partial charge in [-0.1, -0.05) is 51.8 Å². The van der Waals surface area contributed by atoms with Gasteiger partial charge in [0.05, 0.1) is 28.0 Å². The van der Waals surface area contributed by atoms with Crippen molar-refractivity contribution in [2.24, 2.45) is 28.8 Å².